The molecule has 1 aromatic heterocycles. The van der Waals surface area contributed by atoms with Crippen LogP contribution in [-0.2, 0) is 0 Å². The largest absolute Gasteiger partial charge is 0.335 e. The maximum Gasteiger partial charge on any atom is 0.270 e. The van der Waals surface area contributed by atoms with E-state index < -0.39 is 0 Å². The van der Waals surface area contributed by atoms with Gasteiger partial charge in [-0.05, 0) is 25.8 Å². The van der Waals surface area contributed by atoms with Gasteiger partial charge in [0.15, 0.2) is 0 Å². The van der Waals surface area contributed by atoms with Gasteiger partial charge in [0.05, 0.1) is 0 Å². The van der Waals surface area contributed by atoms with Crippen molar-refractivity contribution < 1.29 is 4.79 Å². The van der Waals surface area contributed by atoms with Gasteiger partial charge in [0.1, 0.15) is 5.69 Å². The highest BCUT2D eigenvalue weighted by Crippen LogP contribution is 2.08. The number of pyridine rings is 1. The lowest BCUT2D eigenvalue weighted by Gasteiger charge is -2.28. The maximum absolute atomic E-state index is 12.2. The molecule has 0 fully saturated rings. The Morgan fingerprint density at radius 3 is 2.41 bits per heavy atom. The van der Waals surface area contributed by atoms with Gasteiger partial charge in [-0.2, -0.15) is 0 Å². The molecule has 1 heterocycles. The van der Waals surface area contributed by atoms with Crippen molar-refractivity contribution in [3.63, 3.8) is 0 Å². The van der Waals surface area contributed by atoms with E-state index in [0.717, 1.165) is 0 Å². The first-order valence-electron chi connectivity index (χ1n) is 5.92. The van der Waals surface area contributed by atoms with Crippen LogP contribution in [0.1, 0.15) is 38.2 Å². The number of amides is 1. The van der Waals surface area contributed by atoms with Gasteiger partial charge in [0, 0.05) is 18.7 Å². The second-order valence-corrected chi connectivity index (χ2v) is 4.87. The van der Waals surface area contributed by atoms with Gasteiger partial charge in [-0.15, -0.1) is 0 Å². The molecule has 0 spiro atoms. The highest BCUT2D eigenvalue weighted by molar-refractivity contribution is 5.92. The van der Waals surface area contributed by atoms with Crippen LogP contribution in [0.3, 0.4) is 0 Å². The van der Waals surface area contributed by atoms with Gasteiger partial charge in [-0.1, -0.05) is 19.9 Å². The van der Waals surface area contributed by atoms with Gasteiger partial charge in [0.25, 0.3) is 5.91 Å². The van der Waals surface area contributed by atoms with E-state index in [9.17, 15) is 9.59 Å². The van der Waals surface area contributed by atoms with Gasteiger partial charge in [-0.3, -0.25) is 9.59 Å². The topological polar surface area (TPSA) is 53.2 Å². The Balaban J connectivity index is 2.96. The van der Waals surface area contributed by atoms with Crippen LogP contribution in [-0.4, -0.2) is 28.4 Å². The van der Waals surface area contributed by atoms with E-state index in [1.807, 2.05) is 13.8 Å². The van der Waals surface area contributed by atoms with Crippen LogP contribution in [0.4, 0.5) is 0 Å². The maximum atomic E-state index is 12.2. The van der Waals surface area contributed by atoms with E-state index in [0.29, 0.717) is 18.2 Å². The summed E-state index contributed by atoms with van der Waals surface area (Å²) in [7, 11) is 0. The van der Waals surface area contributed by atoms with Crippen molar-refractivity contribution in [2.45, 2.75) is 33.7 Å². The molecule has 1 aromatic rings. The Hall–Kier alpha value is -1.58. The molecule has 0 saturated carbocycles. The molecule has 0 bridgehead atoms. The van der Waals surface area contributed by atoms with Crippen LogP contribution >= 0.6 is 0 Å². The summed E-state index contributed by atoms with van der Waals surface area (Å²) in [4.78, 5) is 27.8. The minimum absolute atomic E-state index is 0.119. The normalized spacial score (nSPS) is 10.9. The second-order valence-electron chi connectivity index (χ2n) is 4.87. The van der Waals surface area contributed by atoms with Crippen molar-refractivity contribution in [3.05, 3.63) is 34.2 Å². The molecule has 4 nitrogen and oxygen atoms in total. The molecule has 1 amide bonds. The third kappa shape index (κ3) is 3.73. The van der Waals surface area contributed by atoms with Crippen molar-refractivity contribution in [3.8, 4) is 0 Å². The number of nitrogens with one attached hydrogen (secondary N) is 1. The SMILES string of the molecule is CC(C)CN(C(=O)c1cccc(=O)[nH]1)C(C)C. The molecule has 0 aliphatic rings. The van der Waals surface area contributed by atoms with Crippen LogP contribution in [0, 0.1) is 5.92 Å². The molecule has 0 aliphatic heterocycles. The lowest BCUT2D eigenvalue weighted by Crippen LogP contribution is -2.40. The van der Waals surface area contributed by atoms with Gasteiger partial charge >= 0.3 is 0 Å². The summed E-state index contributed by atoms with van der Waals surface area (Å²) < 4.78 is 0. The summed E-state index contributed by atoms with van der Waals surface area (Å²) in [5.74, 6) is 0.281. The monoisotopic (exact) mass is 236 g/mol. The quantitative estimate of drug-likeness (QED) is 0.867. The van der Waals surface area contributed by atoms with E-state index in [1.165, 1.54) is 6.07 Å². The average molecular weight is 236 g/mol. The van der Waals surface area contributed by atoms with E-state index in [1.54, 1.807) is 17.0 Å². The number of rotatable bonds is 4. The first kappa shape index (κ1) is 13.5. The third-order valence-electron chi connectivity index (χ3n) is 2.44. The number of carbonyl (C=O) groups excluding carboxylic acids is 1. The standard InChI is InChI=1S/C13H20N2O2/c1-9(2)8-15(10(3)4)13(17)11-6-5-7-12(16)14-11/h5-7,9-10H,8H2,1-4H3,(H,14,16). The molecule has 17 heavy (non-hydrogen) atoms. The number of hydrogen-bond acceptors (Lipinski definition) is 2. The fourth-order valence-corrected chi connectivity index (χ4v) is 1.65. The first-order valence-corrected chi connectivity index (χ1v) is 5.92. The molecule has 0 saturated heterocycles. The molecule has 0 aromatic carbocycles. The zero-order valence-corrected chi connectivity index (χ0v) is 10.9. The summed E-state index contributed by atoms with van der Waals surface area (Å²) in [6, 6.07) is 4.76. The summed E-state index contributed by atoms with van der Waals surface area (Å²) >= 11 is 0. The zero-order chi connectivity index (χ0) is 13.0. The molecule has 1 N–H and O–H groups in total. The van der Waals surface area contributed by atoms with Crippen LogP contribution in [0.2, 0.25) is 0 Å². The Morgan fingerprint density at radius 2 is 1.94 bits per heavy atom. The minimum atomic E-state index is -0.246. The number of hydrogen-bond donors (Lipinski definition) is 1. The highest BCUT2D eigenvalue weighted by atomic mass is 16.2. The van der Waals surface area contributed by atoms with Crippen molar-refractivity contribution in [1.82, 2.24) is 9.88 Å². The second kappa shape index (κ2) is 5.66. The number of nitrogens with zero attached hydrogens (tertiary/aromatic N) is 1. The van der Waals surface area contributed by atoms with Crippen molar-refractivity contribution in [2.24, 2.45) is 5.92 Å². The van der Waals surface area contributed by atoms with E-state index >= 15 is 0 Å². The first-order chi connectivity index (χ1) is 7.91. The van der Waals surface area contributed by atoms with Crippen LogP contribution in [0.25, 0.3) is 0 Å². The molecule has 0 radical (unpaired) electrons. The molecule has 1 rings (SSSR count). The van der Waals surface area contributed by atoms with Gasteiger partial charge in [0.2, 0.25) is 5.56 Å². The number of aromatic amines is 1. The Bertz CT molecular complexity index is 435. The Morgan fingerprint density at radius 1 is 1.29 bits per heavy atom. The van der Waals surface area contributed by atoms with Crippen molar-refractivity contribution >= 4 is 5.91 Å². The van der Waals surface area contributed by atoms with E-state index in [-0.39, 0.29) is 17.5 Å². The summed E-state index contributed by atoms with van der Waals surface area (Å²) in [5, 5.41) is 0. The van der Waals surface area contributed by atoms with Gasteiger partial charge < -0.3 is 9.88 Å². The van der Waals surface area contributed by atoms with Crippen LogP contribution in [0.5, 0.6) is 0 Å². The third-order valence-corrected chi connectivity index (χ3v) is 2.44. The van der Waals surface area contributed by atoms with Gasteiger partial charge in [-0.25, -0.2) is 0 Å². The van der Waals surface area contributed by atoms with Crippen LogP contribution < -0.4 is 5.56 Å². The Kier molecular flexibility index (Phi) is 4.49. The fourth-order valence-electron chi connectivity index (χ4n) is 1.65. The highest BCUT2D eigenvalue weighted by Gasteiger charge is 2.20. The number of aromatic nitrogens is 1. The molecular formula is C13H20N2O2. The van der Waals surface area contributed by atoms with Crippen LogP contribution in [0.15, 0.2) is 23.0 Å². The van der Waals surface area contributed by atoms with Crippen molar-refractivity contribution in [2.75, 3.05) is 6.54 Å². The summed E-state index contributed by atoms with van der Waals surface area (Å²) in [6.07, 6.45) is 0. The van der Waals surface area contributed by atoms with E-state index in [4.69, 9.17) is 0 Å². The lowest BCUT2D eigenvalue weighted by molar-refractivity contribution is 0.0675. The predicted octanol–water partition coefficient (Wildman–Crippen LogP) is 1.88. The number of H-pyrrole nitrogens is 1. The molecule has 0 unspecified atom stereocenters. The smallest absolute Gasteiger partial charge is 0.270 e. The number of carbonyl (C=O) groups is 1. The Labute approximate surface area is 102 Å². The molecule has 0 atom stereocenters. The predicted molar refractivity (Wildman–Crippen MR) is 68.1 cm³/mol. The molecule has 0 aliphatic carbocycles. The summed E-state index contributed by atoms with van der Waals surface area (Å²) in [6.45, 7) is 8.77. The van der Waals surface area contributed by atoms with E-state index in [2.05, 4.69) is 18.8 Å². The summed E-state index contributed by atoms with van der Waals surface area (Å²) in [5.41, 5.74) is 0.107. The van der Waals surface area contributed by atoms with Crippen molar-refractivity contribution in [1.29, 1.82) is 0 Å². The molecule has 4 heteroatoms. The molecular weight excluding hydrogens is 216 g/mol. The lowest BCUT2D eigenvalue weighted by atomic mass is 10.1. The fraction of sp³-hybridized carbons (Fsp3) is 0.538. The average Bonchev–Trinajstić information content (AvgIpc) is 2.24. The molecule has 94 valence electrons. The zero-order valence-electron chi connectivity index (χ0n) is 10.9. The minimum Gasteiger partial charge on any atom is -0.335 e.